The van der Waals surface area contributed by atoms with Gasteiger partial charge in [0.25, 0.3) is 0 Å². The molecule has 0 saturated carbocycles. The van der Waals surface area contributed by atoms with Crippen LogP contribution in [0.4, 0.5) is 0 Å². The molecule has 1 aromatic rings. The van der Waals surface area contributed by atoms with E-state index in [2.05, 4.69) is 4.85 Å². The number of aromatic hydroxyl groups is 1. The maximum absolute atomic E-state index is 9.02. The highest BCUT2D eigenvalue weighted by atomic mass is 35.5. The van der Waals surface area contributed by atoms with Crippen LogP contribution in [0.3, 0.4) is 0 Å². The van der Waals surface area contributed by atoms with Gasteiger partial charge in [-0.1, -0.05) is 17.7 Å². The standard InChI is InChI=1S/C9H8ClNO/c1-11-5-4-7-2-3-8(12)6-9(7)10/h2-3,6,12H,4-5H2. The molecule has 0 aromatic heterocycles. The maximum Gasteiger partial charge on any atom is 0.218 e. The summed E-state index contributed by atoms with van der Waals surface area (Å²) in [6, 6.07) is 4.80. The van der Waals surface area contributed by atoms with Crippen molar-refractivity contribution in [3.05, 3.63) is 40.2 Å². The normalized spacial score (nSPS) is 9.33. The molecule has 0 saturated heterocycles. The van der Waals surface area contributed by atoms with Gasteiger partial charge in [-0.25, -0.2) is 6.57 Å². The Morgan fingerprint density at radius 3 is 2.83 bits per heavy atom. The minimum Gasteiger partial charge on any atom is -0.508 e. The lowest BCUT2D eigenvalue weighted by molar-refractivity contribution is 0.475. The van der Waals surface area contributed by atoms with E-state index in [-0.39, 0.29) is 5.75 Å². The predicted molar refractivity (Wildman–Crippen MR) is 48.3 cm³/mol. The third kappa shape index (κ3) is 2.14. The monoisotopic (exact) mass is 181 g/mol. The van der Waals surface area contributed by atoms with Crippen LogP contribution in [-0.4, -0.2) is 11.7 Å². The van der Waals surface area contributed by atoms with E-state index in [0.29, 0.717) is 18.0 Å². The van der Waals surface area contributed by atoms with E-state index in [1.54, 1.807) is 12.1 Å². The molecule has 0 atom stereocenters. The van der Waals surface area contributed by atoms with E-state index in [0.717, 1.165) is 5.56 Å². The third-order valence-electron chi connectivity index (χ3n) is 1.53. The smallest absolute Gasteiger partial charge is 0.218 e. The first-order chi connectivity index (χ1) is 5.74. The summed E-state index contributed by atoms with van der Waals surface area (Å²) in [4.78, 5) is 3.22. The van der Waals surface area contributed by atoms with E-state index < -0.39 is 0 Å². The second-order valence-electron chi connectivity index (χ2n) is 2.41. The minimum atomic E-state index is 0.159. The second-order valence-corrected chi connectivity index (χ2v) is 2.81. The molecule has 0 unspecified atom stereocenters. The van der Waals surface area contributed by atoms with Gasteiger partial charge in [0.15, 0.2) is 0 Å². The van der Waals surface area contributed by atoms with Crippen LogP contribution in [0.2, 0.25) is 5.02 Å². The Morgan fingerprint density at radius 2 is 2.25 bits per heavy atom. The van der Waals surface area contributed by atoms with Gasteiger partial charge in [0.2, 0.25) is 6.54 Å². The summed E-state index contributed by atoms with van der Waals surface area (Å²) in [5.74, 6) is 0.159. The summed E-state index contributed by atoms with van der Waals surface area (Å²) in [6.45, 7) is 7.03. The molecule has 1 aromatic carbocycles. The molecule has 0 radical (unpaired) electrons. The van der Waals surface area contributed by atoms with E-state index in [1.165, 1.54) is 6.07 Å². The number of phenolic OH excluding ortho intramolecular Hbond substituents is 1. The molecule has 0 heterocycles. The van der Waals surface area contributed by atoms with Gasteiger partial charge in [-0.05, 0) is 17.7 Å². The summed E-state index contributed by atoms with van der Waals surface area (Å²) in [7, 11) is 0. The lowest BCUT2D eigenvalue weighted by Gasteiger charge is -1.99. The van der Waals surface area contributed by atoms with Crippen molar-refractivity contribution in [3.63, 3.8) is 0 Å². The topological polar surface area (TPSA) is 24.6 Å². The second kappa shape index (κ2) is 3.99. The van der Waals surface area contributed by atoms with Gasteiger partial charge in [-0.2, -0.15) is 0 Å². The number of nitrogens with zero attached hydrogens (tertiary/aromatic N) is 1. The van der Waals surface area contributed by atoms with Gasteiger partial charge in [-0.15, -0.1) is 0 Å². The highest BCUT2D eigenvalue weighted by Gasteiger charge is 2.01. The summed E-state index contributed by atoms with van der Waals surface area (Å²) >= 11 is 5.80. The third-order valence-corrected chi connectivity index (χ3v) is 1.88. The molecule has 12 heavy (non-hydrogen) atoms. The zero-order valence-electron chi connectivity index (χ0n) is 6.42. The predicted octanol–water partition coefficient (Wildman–Crippen LogP) is 2.51. The zero-order valence-corrected chi connectivity index (χ0v) is 7.17. The van der Waals surface area contributed by atoms with Crippen LogP contribution in [0.5, 0.6) is 5.75 Å². The summed E-state index contributed by atoms with van der Waals surface area (Å²) in [5.41, 5.74) is 0.908. The molecule has 1 N–H and O–H groups in total. The lowest BCUT2D eigenvalue weighted by Crippen LogP contribution is -1.88. The number of halogens is 1. The molecular formula is C9H8ClNO. The van der Waals surface area contributed by atoms with Crippen LogP contribution in [0.15, 0.2) is 18.2 Å². The molecule has 0 fully saturated rings. The Hall–Kier alpha value is -1.20. The SMILES string of the molecule is [C-]#[N+]CCc1ccc(O)cc1Cl. The average Bonchev–Trinajstić information content (AvgIpc) is 2.03. The van der Waals surface area contributed by atoms with E-state index in [4.69, 9.17) is 23.3 Å². The molecule has 0 aliphatic carbocycles. The Bertz CT molecular complexity index is 317. The molecule has 2 nitrogen and oxygen atoms in total. The van der Waals surface area contributed by atoms with Crippen LogP contribution < -0.4 is 0 Å². The molecule has 1 rings (SSSR count). The fourth-order valence-corrected chi connectivity index (χ4v) is 1.18. The zero-order chi connectivity index (χ0) is 8.97. The number of benzene rings is 1. The molecular weight excluding hydrogens is 174 g/mol. The number of hydrogen-bond acceptors (Lipinski definition) is 1. The Balaban J connectivity index is 2.81. The molecule has 3 heteroatoms. The molecule has 0 aliphatic rings. The van der Waals surface area contributed by atoms with Crippen molar-refractivity contribution in [1.82, 2.24) is 0 Å². The Morgan fingerprint density at radius 1 is 1.50 bits per heavy atom. The number of phenols is 1. The summed E-state index contributed by atoms with van der Waals surface area (Å²) in [5, 5.41) is 9.54. The van der Waals surface area contributed by atoms with Gasteiger partial charge >= 0.3 is 0 Å². The van der Waals surface area contributed by atoms with Crippen molar-refractivity contribution >= 4 is 11.6 Å². The van der Waals surface area contributed by atoms with Crippen LogP contribution >= 0.6 is 11.6 Å². The fourth-order valence-electron chi connectivity index (χ4n) is 0.915. The Labute approximate surface area is 76.2 Å². The van der Waals surface area contributed by atoms with Crippen molar-refractivity contribution in [2.75, 3.05) is 6.54 Å². The van der Waals surface area contributed by atoms with Crippen molar-refractivity contribution in [2.24, 2.45) is 0 Å². The van der Waals surface area contributed by atoms with E-state index in [1.807, 2.05) is 0 Å². The first-order valence-electron chi connectivity index (χ1n) is 3.54. The molecule has 0 spiro atoms. The van der Waals surface area contributed by atoms with E-state index in [9.17, 15) is 0 Å². The number of hydrogen-bond donors (Lipinski definition) is 1. The minimum absolute atomic E-state index is 0.159. The van der Waals surface area contributed by atoms with E-state index >= 15 is 0 Å². The van der Waals surface area contributed by atoms with Gasteiger partial charge in [0.05, 0.1) is 0 Å². The number of rotatable bonds is 2. The van der Waals surface area contributed by atoms with Crippen LogP contribution in [0.1, 0.15) is 5.56 Å². The molecule has 0 aliphatic heterocycles. The highest BCUT2D eigenvalue weighted by molar-refractivity contribution is 6.31. The first kappa shape index (κ1) is 8.89. The lowest BCUT2D eigenvalue weighted by atomic mass is 10.1. The van der Waals surface area contributed by atoms with Crippen molar-refractivity contribution in [3.8, 4) is 5.75 Å². The average molecular weight is 182 g/mol. The Kier molecular flexibility index (Phi) is 2.95. The fraction of sp³-hybridized carbons (Fsp3) is 0.222. The van der Waals surface area contributed by atoms with Crippen molar-refractivity contribution < 1.29 is 5.11 Å². The van der Waals surface area contributed by atoms with Gasteiger partial charge in [0.1, 0.15) is 5.75 Å². The van der Waals surface area contributed by atoms with Crippen LogP contribution in [-0.2, 0) is 6.42 Å². The summed E-state index contributed by atoms with van der Waals surface area (Å²) < 4.78 is 0. The highest BCUT2D eigenvalue weighted by Crippen LogP contribution is 2.21. The van der Waals surface area contributed by atoms with Gasteiger partial charge < -0.3 is 9.95 Å². The van der Waals surface area contributed by atoms with Gasteiger partial charge in [-0.3, -0.25) is 0 Å². The van der Waals surface area contributed by atoms with Crippen LogP contribution in [0.25, 0.3) is 4.85 Å². The van der Waals surface area contributed by atoms with Crippen molar-refractivity contribution in [2.45, 2.75) is 6.42 Å². The molecule has 0 amide bonds. The maximum atomic E-state index is 9.02. The largest absolute Gasteiger partial charge is 0.508 e. The quantitative estimate of drug-likeness (QED) is 0.697. The van der Waals surface area contributed by atoms with Gasteiger partial charge in [0, 0.05) is 11.4 Å². The molecule has 62 valence electrons. The first-order valence-corrected chi connectivity index (χ1v) is 3.92. The molecule has 0 bridgehead atoms. The van der Waals surface area contributed by atoms with Crippen LogP contribution in [0, 0.1) is 6.57 Å². The van der Waals surface area contributed by atoms with Crippen molar-refractivity contribution in [1.29, 1.82) is 0 Å². The summed E-state index contributed by atoms with van der Waals surface area (Å²) in [6.07, 6.45) is 0.641.